The van der Waals surface area contributed by atoms with Crippen LogP contribution in [0.2, 0.25) is 0 Å². The third-order valence-electron chi connectivity index (χ3n) is 2.31. The molecule has 0 bridgehead atoms. The van der Waals surface area contributed by atoms with E-state index in [1.54, 1.807) is 18.2 Å². The summed E-state index contributed by atoms with van der Waals surface area (Å²) in [5.41, 5.74) is 1.26. The predicted octanol–water partition coefficient (Wildman–Crippen LogP) is 4.04. The van der Waals surface area contributed by atoms with E-state index in [2.05, 4.69) is 15.9 Å². The van der Waals surface area contributed by atoms with Crippen LogP contribution in [-0.2, 0) is 0 Å². The van der Waals surface area contributed by atoms with E-state index >= 15 is 0 Å². The van der Waals surface area contributed by atoms with E-state index in [4.69, 9.17) is 0 Å². The van der Waals surface area contributed by atoms with Gasteiger partial charge in [-0.1, -0.05) is 17.7 Å². The lowest BCUT2D eigenvalue weighted by Gasteiger charge is -2.10. The Balaban J connectivity index is 2.40. The number of hydrogen-bond donors (Lipinski definition) is 1. The van der Waals surface area contributed by atoms with Crippen molar-refractivity contribution in [3.63, 3.8) is 0 Å². The fourth-order valence-electron chi connectivity index (χ4n) is 1.50. The van der Waals surface area contributed by atoms with Crippen LogP contribution >= 0.6 is 27.3 Å². The van der Waals surface area contributed by atoms with Crippen molar-refractivity contribution in [1.82, 2.24) is 0 Å². The summed E-state index contributed by atoms with van der Waals surface area (Å²) in [7, 11) is 0. The molecule has 2 rings (SSSR count). The molecule has 1 nitrogen and oxygen atoms in total. The number of rotatable bonds is 2. The van der Waals surface area contributed by atoms with Crippen molar-refractivity contribution in [2.75, 3.05) is 0 Å². The monoisotopic (exact) mass is 300 g/mol. The lowest BCUT2D eigenvalue weighted by molar-refractivity contribution is 0.218. The Kier molecular flexibility index (Phi) is 3.42. The SMILES string of the molecule is Cc1ccc(F)c(C(O)c2ccc(Br)s2)c1. The quantitative estimate of drug-likeness (QED) is 0.887. The third kappa shape index (κ3) is 2.34. The van der Waals surface area contributed by atoms with Crippen LogP contribution in [0.15, 0.2) is 34.1 Å². The minimum Gasteiger partial charge on any atom is -0.383 e. The summed E-state index contributed by atoms with van der Waals surface area (Å²) in [6.07, 6.45) is -0.892. The van der Waals surface area contributed by atoms with Crippen molar-refractivity contribution in [3.8, 4) is 0 Å². The zero-order valence-electron chi connectivity index (χ0n) is 8.58. The Morgan fingerprint density at radius 1 is 1.31 bits per heavy atom. The summed E-state index contributed by atoms with van der Waals surface area (Å²) in [5.74, 6) is -0.373. The average Bonchev–Trinajstić information content (AvgIpc) is 2.67. The van der Waals surface area contributed by atoms with Crippen molar-refractivity contribution < 1.29 is 9.50 Å². The van der Waals surface area contributed by atoms with Crippen molar-refractivity contribution >= 4 is 27.3 Å². The van der Waals surface area contributed by atoms with Crippen molar-refractivity contribution in [2.24, 2.45) is 0 Å². The van der Waals surface area contributed by atoms with E-state index in [9.17, 15) is 9.50 Å². The van der Waals surface area contributed by atoms with Gasteiger partial charge in [-0.2, -0.15) is 0 Å². The molecule has 0 aliphatic carbocycles. The molecule has 0 aliphatic heterocycles. The topological polar surface area (TPSA) is 20.2 Å². The molecule has 16 heavy (non-hydrogen) atoms. The van der Waals surface area contributed by atoms with Crippen molar-refractivity contribution in [1.29, 1.82) is 0 Å². The molecule has 0 saturated heterocycles. The first-order valence-electron chi connectivity index (χ1n) is 4.77. The lowest BCUT2D eigenvalue weighted by Crippen LogP contribution is -2.00. The number of halogens is 2. The smallest absolute Gasteiger partial charge is 0.129 e. The van der Waals surface area contributed by atoms with E-state index in [-0.39, 0.29) is 5.82 Å². The van der Waals surface area contributed by atoms with Crippen LogP contribution in [0.25, 0.3) is 0 Å². The summed E-state index contributed by atoms with van der Waals surface area (Å²) >= 11 is 4.72. The second-order valence-corrected chi connectivity index (χ2v) is 6.06. The van der Waals surface area contributed by atoms with Gasteiger partial charge in [-0.25, -0.2) is 4.39 Å². The summed E-state index contributed by atoms with van der Waals surface area (Å²) in [6, 6.07) is 8.39. The van der Waals surface area contributed by atoms with Crippen molar-refractivity contribution in [3.05, 3.63) is 55.9 Å². The van der Waals surface area contributed by atoms with E-state index in [0.29, 0.717) is 5.56 Å². The summed E-state index contributed by atoms with van der Waals surface area (Å²) in [5, 5.41) is 10.1. The van der Waals surface area contributed by atoms with E-state index in [1.165, 1.54) is 17.4 Å². The normalized spacial score (nSPS) is 12.8. The number of benzene rings is 1. The van der Waals surface area contributed by atoms with Crippen LogP contribution in [0.4, 0.5) is 4.39 Å². The molecule has 4 heteroatoms. The molecule has 0 aliphatic rings. The number of aryl methyl sites for hydroxylation is 1. The first-order chi connectivity index (χ1) is 7.58. The van der Waals surface area contributed by atoms with E-state index < -0.39 is 6.10 Å². The third-order valence-corrected chi connectivity index (χ3v) is 3.99. The summed E-state index contributed by atoms with van der Waals surface area (Å²) in [6.45, 7) is 1.87. The Bertz CT molecular complexity index is 509. The van der Waals surface area contributed by atoms with Gasteiger partial charge in [0, 0.05) is 10.4 Å². The lowest BCUT2D eigenvalue weighted by atomic mass is 10.0. The first kappa shape index (κ1) is 11.8. The molecule has 84 valence electrons. The molecule has 2 aromatic rings. The highest BCUT2D eigenvalue weighted by molar-refractivity contribution is 9.11. The largest absolute Gasteiger partial charge is 0.383 e. The predicted molar refractivity (Wildman–Crippen MR) is 67.2 cm³/mol. The maximum Gasteiger partial charge on any atom is 0.129 e. The molecule has 1 aromatic heterocycles. The first-order valence-corrected chi connectivity index (χ1v) is 6.38. The molecule has 0 amide bonds. The maximum absolute atomic E-state index is 13.5. The van der Waals surface area contributed by atoms with Gasteiger partial charge < -0.3 is 5.11 Å². The second kappa shape index (κ2) is 4.65. The Morgan fingerprint density at radius 3 is 2.69 bits per heavy atom. The van der Waals surface area contributed by atoms with Gasteiger partial charge in [-0.05, 0) is 41.1 Å². The van der Waals surface area contributed by atoms with Crippen LogP contribution in [0.1, 0.15) is 22.1 Å². The fraction of sp³-hybridized carbons (Fsp3) is 0.167. The number of thiophene rings is 1. The molecular formula is C12H10BrFOS. The summed E-state index contributed by atoms with van der Waals surface area (Å²) < 4.78 is 14.5. The fourth-order valence-corrected chi connectivity index (χ4v) is 2.93. The average molecular weight is 301 g/mol. The molecule has 1 heterocycles. The molecule has 0 saturated carbocycles. The highest BCUT2D eigenvalue weighted by atomic mass is 79.9. The molecular weight excluding hydrogens is 291 g/mol. The zero-order valence-corrected chi connectivity index (χ0v) is 11.0. The molecule has 1 unspecified atom stereocenters. The molecule has 0 spiro atoms. The van der Waals surface area contributed by atoms with E-state index in [1.807, 2.05) is 13.0 Å². The number of aliphatic hydroxyl groups is 1. The second-order valence-electron chi connectivity index (χ2n) is 3.57. The molecule has 1 aromatic carbocycles. The van der Waals surface area contributed by atoms with Gasteiger partial charge in [-0.15, -0.1) is 11.3 Å². The molecule has 1 atom stereocenters. The highest BCUT2D eigenvalue weighted by Crippen LogP contribution is 2.32. The van der Waals surface area contributed by atoms with Gasteiger partial charge in [0.05, 0.1) is 3.79 Å². The van der Waals surface area contributed by atoms with Crippen LogP contribution < -0.4 is 0 Å². The molecule has 0 fully saturated rings. The highest BCUT2D eigenvalue weighted by Gasteiger charge is 2.16. The zero-order chi connectivity index (χ0) is 11.7. The Labute approximate surface area is 106 Å². The van der Waals surface area contributed by atoms with Gasteiger partial charge in [0.1, 0.15) is 11.9 Å². The molecule has 1 N–H and O–H groups in total. The standard InChI is InChI=1S/C12H10BrFOS/c1-7-2-3-9(14)8(6-7)12(15)10-4-5-11(13)16-10/h2-6,12,15H,1H3. The Morgan fingerprint density at radius 2 is 2.06 bits per heavy atom. The maximum atomic E-state index is 13.5. The van der Waals surface area contributed by atoms with Crippen LogP contribution in [-0.4, -0.2) is 5.11 Å². The van der Waals surface area contributed by atoms with Gasteiger partial charge >= 0.3 is 0 Å². The van der Waals surface area contributed by atoms with Gasteiger partial charge in [-0.3, -0.25) is 0 Å². The number of aliphatic hydroxyl groups excluding tert-OH is 1. The van der Waals surface area contributed by atoms with Crippen molar-refractivity contribution in [2.45, 2.75) is 13.0 Å². The minimum absolute atomic E-state index is 0.328. The van der Waals surface area contributed by atoms with E-state index in [0.717, 1.165) is 14.2 Å². The van der Waals surface area contributed by atoms with Gasteiger partial charge in [0.2, 0.25) is 0 Å². The minimum atomic E-state index is -0.892. The number of hydrogen-bond acceptors (Lipinski definition) is 2. The Hall–Kier alpha value is -0.710. The summed E-state index contributed by atoms with van der Waals surface area (Å²) in [4.78, 5) is 0.733. The molecule has 0 radical (unpaired) electrons. The van der Waals surface area contributed by atoms with Gasteiger partial charge in [0.25, 0.3) is 0 Å². The van der Waals surface area contributed by atoms with Crippen LogP contribution in [0, 0.1) is 12.7 Å². The van der Waals surface area contributed by atoms with Crippen LogP contribution in [0.5, 0.6) is 0 Å². The van der Waals surface area contributed by atoms with Crippen LogP contribution in [0.3, 0.4) is 0 Å². The van der Waals surface area contributed by atoms with Gasteiger partial charge in [0.15, 0.2) is 0 Å².